The van der Waals surface area contributed by atoms with Gasteiger partial charge in [0.15, 0.2) is 0 Å². The van der Waals surface area contributed by atoms with Crippen molar-refractivity contribution in [2.24, 2.45) is 22.9 Å². The third-order valence-electron chi connectivity index (χ3n) is 4.33. The van der Waals surface area contributed by atoms with Gasteiger partial charge in [0.25, 0.3) is 0 Å². The van der Waals surface area contributed by atoms with Crippen molar-refractivity contribution in [2.45, 2.75) is 44.8 Å². The Morgan fingerprint density at radius 2 is 2.13 bits per heavy atom. The van der Waals surface area contributed by atoms with E-state index in [1.807, 2.05) is 0 Å². The predicted octanol–water partition coefficient (Wildman–Crippen LogP) is 2.56. The number of nitrogens with zero attached hydrogens (tertiary/aromatic N) is 1. The molecule has 0 aromatic heterocycles. The van der Waals surface area contributed by atoms with Crippen LogP contribution in [0.2, 0.25) is 0 Å². The molecular formula is C12H19NO2. The van der Waals surface area contributed by atoms with Crippen molar-refractivity contribution in [3.8, 4) is 0 Å². The van der Waals surface area contributed by atoms with Crippen LogP contribution in [0.15, 0.2) is 5.16 Å². The number of ether oxygens (including phenoxy) is 1. The van der Waals surface area contributed by atoms with Crippen LogP contribution >= 0.6 is 0 Å². The fraction of sp³-hybridized carbons (Fsp3) is 0.917. The van der Waals surface area contributed by atoms with E-state index in [1.165, 1.54) is 37.8 Å². The molecule has 0 radical (unpaired) electrons. The molecule has 3 aliphatic rings. The molecule has 0 unspecified atom stereocenters. The summed E-state index contributed by atoms with van der Waals surface area (Å²) in [4.78, 5) is 5.45. The first-order valence-corrected chi connectivity index (χ1v) is 6.15. The van der Waals surface area contributed by atoms with Crippen LogP contribution in [0.25, 0.3) is 0 Å². The largest absolute Gasteiger partial charge is 0.363 e. The van der Waals surface area contributed by atoms with E-state index in [0.717, 1.165) is 12.3 Å². The summed E-state index contributed by atoms with van der Waals surface area (Å²) >= 11 is 0. The van der Waals surface area contributed by atoms with Gasteiger partial charge < -0.3 is 9.57 Å². The summed E-state index contributed by atoms with van der Waals surface area (Å²) in [5.74, 6) is 2.10. The quantitative estimate of drug-likeness (QED) is 0.664. The first kappa shape index (κ1) is 9.64. The van der Waals surface area contributed by atoms with E-state index in [1.54, 1.807) is 7.11 Å². The van der Waals surface area contributed by atoms with E-state index in [0.29, 0.717) is 11.8 Å². The lowest BCUT2D eigenvalue weighted by Gasteiger charge is -2.45. The molecular weight excluding hydrogens is 190 g/mol. The molecule has 1 aliphatic heterocycles. The average Bonchev–Trinajstić information content (AvgIpc) is 2.30. The maximum Gasteiger partial charge on any atom is 0.230 e. The van der Waals surface area contributed by atoms with Crippen molar-refractivity contribution in [3.63, 3.8) is 0 Å². The molecule has 3 nitrogen and oxygen atoms in total. The van der Waals surface area contributed by atoms with Crippen LogP contribution in [0, 0.1) is 17.8 Å². The molecule has 3 rings (SSSR count). The van der Waals surface area contributed by atoms with Crippen molar-refractivity contribution in [1.82, 2.24) is 0 Å². The molecule has 0 bridgehead atoms. The van der Waals surface area contributed by atoms with E-state index in [-0.39, 0.29) is 6.29 Å². The van der Waals surface area contributed by atoms with Gasteiger partial charge in [0.1, 0.15) is 0 Å². The Balaban J connectivity index is 1.90. The van der Waals surface area contributed by atoms with Crippen molar-refractivity contribution >= 4 is 5.71 Å². The summed E-state index contributed by atoms with van der Waals surface area (Å²) < 4.78 is 5.40. The van der Waals surface area contributed by atoms with Gasteiger partial charge in [-0.15, -0.1) is 0 Å². The summed E-state index contributed by atoms with van der Waals surface area (Å²) in [6, 6.07) is 0. The minimum atomic E-state index is -0.0837. The lowest BCUT2D eigenvalue weighted by molar-refractivity contribution is -0.184. The molecule has 84 valence electrons. The standard InChI is InChI=1S/C12H19NO2/c1-14-12-9-6-2-4-8-5-3-7-10(11(8)9)13-15-12/h8-9,11-12H,2-7H2,1H3/t8-,9+,11+,12+/m1/s1. The number of methoxy groups -OCH3 is 1. The van der Waals surface area contributed by atoms with E-state index in [4.69, 9.17) is 9.57 Å². The first-order valence-electron chi connectivity index (χ1n) is 6.15. The molecule has 2 saturated carbocycles. The Morgan fingerprint density at radius 3 is 3.00 bits per heavy atom. The Morgan fingerprint density at radius 1 is 1.27 bits per heavy atom. The number of hydrogen-bond donors (Lipinski definition) is 0. The van der Waals surface area contributed by atoms with Crippen LogP contribution in [0.3, 0.4) is 0 Å². The lowest BCUT2D eigenvalue weighted by Crippen LogP contribution is -2.46. The minimum absolute atomic E-state index is 0.0837. The highest BCUT2D eigenvalue weighted by Crippen LogP contribution is 2.46. The van der Waals surface area contributed by atoms with E-state index in [9.17, 15) is 0 Å². The lowest BCUT2D eigenvalue weighted by atomic mass is 9.64. The Labute approximate surface area is 90.8 Å². The number of oxime groups is 1. The maximum absolute atomic E-state index is 5.45. The average molecular weight is 209 g/mol. The van der Waals surface area contributed by atoms with Crippen LogP contribution in [0.4, 0.5) is 0 Å². The van der Waals surface area contributed by atoms with Crippen molar-refractivity contribution < 1.29 is 9.57 Å². The summed E-state index contributed by atoms with van der Waals surface area (Å²) in [5, 5.41) is 4.28. The molecule has 4 atom stereocenters. The zero-order valence-electron chi connectivity index (χ0n) is 9.32. The Bertz CT molecular complexity index is 275. The highest BCUT2D eigenvalue weighted by molar-refractivity contribution is 5.88. The van der Waals surface area contributed by atoms with Crippen LogP contribution in [0.5, 0.6) is 0 Å². The van der Waals surface area contributed by atoms with E-state index < -0.39 is 0 Å². The maximum atomic E-state index is 5.45. The van der Waals surface area contributed by atoms with Gasteiger partial charge in [-0.05, 0) is 38.0 Å². The molecule has 15 heavy (non-hydrogen) atoms. The first-order chi connectivity index (χ1) is 7.40. The highest BCUT2D eigenvalue weighted by Gasteiger charge is 2.45. The summed E-state index contributed by atoms with van der Waals surface area (Å²) in [6.45, 7) is 0. The molecule has 0 aromatic carbocycles. The van der Waals surface area contributed by atoms with Gasteiger partial charge >= 0.3 is 0 Å². The number of rotatable bonds is 1. The van der Waals surface area contributed by atoms with Crippen molar-refractivity contribution in [1.29, 1.82) is 0 Å². The molecule has 2 fully saturated rings. The molecule has 0 spiro atoms. The van der Waals surface area contributed by atoms with Gasteiger partial charge in [0, 0.05) is 18.9 Å². The van der Waals surface area contributed by atoms with Gasteiger partial charge in [0.2, 0.25) is 6.29 Å². The summed E-state index contributed by atoms with van der Waals surface area (Å²) in [6.07, 6.45) is 7.72. The third-order valence-corrected chi connectivity index (χ3v) is 4.33. The zero-order chi connectivity index (χ0) is 10.3. The van der Waals surface area contributed by atoms with Crippen LogP contribution in [-0.2, 0) is 9.57 Å². The van der Waals surface area contributed by atoms with E-state index in [2.05, 4.69) is 5.16 Å². The number of hydrogen-bond acceptors (Lipinski definition) is 3. The molecule has 0 amide bonds. The second kappa shape index (κ2) is 3.78. The highest BCUT2D eigenvalue weighted by atomic mass is 16.8. The van der Waals surface area contributed by atoms with Crippen LogP contribution in [0.1, 0.15) is 38.5 Å². The van der Waals surface area contributed by atoms with Gasteiger partial charge in [-0.3, -0.25) is 0 Å². The van der Waals surface area contributed by atoms with Crippen molar-refractivity contribution in [2.75, 3.05) is 7.11 Å². The molecule has 0 N–H and O–H groups in total. The molecule has 1 heterocycles. The Hall–Kier alpha value is -0.570. The molecule has 0 aromatic rings. The fourth-order valence-corrected chi connectivity index (χ4v) is 3.71. The van der Waals surface area contributed by atoms with Gasteiger partial charge in [-0.2, -0.15) is 0 Å². The normalized spacial score (nSPS) is 43.9. The monoisotopic (exact) mass is 209 g/mol. The SMILES string of the molecule is CO[C@H]1ON=C2CCC[C@H]3CCC[C@H]1[C@@H]23. The second-order valence-corrected chi connectivity index (χ2v) is 5.06. The summed E-state index contributed by atoms with van der Waals surface area (Å²) in [7, 11) is 1.73. The van der Waals surface area contributed by atoms with Gasteiger partial charge in [-0.1, -0.05) is 11.6 Å². The summed E-state index contributed by atoms with van der Waals surface area (Å²) in [5.41, 5.74) is 1.32. The topological polar surface area (TPSA) is 30.8 Å². The smallest absolute Gasteiger partial charge is 0.230 e. The minimum Gasteiger partial charge on any atom is -0.363 e. The third kappa shape index (κ3) is 1.48. The van der Waals surface area contributed by atoms with Crippen LogP contribution < -0.4 is 0 Å². The van der Waals surface area contributed by atoms with Gasteiger partial charge in [-0.25, -0.2) is 0 Å². The predicted molar refractivity (Wildman–Crippen MR) is 57.5 cm³/mol. The molecule has 3 heteroatoms. The Kier molecular flexibility index (Phi) is 2.43. The zero-order valence-corrected chi connectivity index (χ0v) is 9.32. The molecule has 2 aliphatic carbocycles. The molecule has 0 saturated heterocycles. The second-order valence-electron chi connectivity index (χ2n) is 5.06. The fourth-order valence-electron chi connectivity index (χ4n) is 3.71. The van der Waals surface area contributed by atoms with E-state index >= 15 is 0 Å². The van der Waals surface area contributed by atoms with Crippen molar-refractivity contribution in [3.05, 3.63) is 0 Å². The van der Waals surface area contributed by atoms with Gasteiger partial charge in [0.05, 0.1) is 5.71 Å². The van der Waals surface area contributed by atoms with Crippen LogP contribution in [-0.4, -0.2) is 19.1 Å².